The van der Waals surface area contributed by atoms with Crippen molar-refractivity contribution in [2.45, 2.75) is 45.4 Å². The fourth-order valence-electron chi connectivity index (χ4n) is 2.49. The van der Waals surface area contributed by atoms with Gasteiger partial charge in [-0.2, -0.15) is 10.4 Å². The van der Waals surface area contributed by atoms with Crippen LogP contribution in [0, 0.1) is 11.3 Å². The molecule has 1 fully saturated rings. The van der Waals surface area contributed by atoms with Gasteiger partial charge in [-0.3, -0.25) is 4.68 Å². The molecule has 3 rings (SSSR count). The highest BCUT2D eigenvalue weighted by molar-refractivity contribution is 6.61. The second kappa shape index (κ2) is 5.52. The number of nitriles is 1. The van der Waals surface area contributed by atoms with E-state index < -0.39 is 7.12 Å². The van der Waals surface area contributed by atoms with Gasteiger partial charge in [-0.05, 0) is 45.4 Å². The van der Waals surface area contributed by atoms with Gasteiger partial charge < -0.3 is 9.31 Å². The van der Waals surface area contributed by atoms with E-state index in [1.807, 2.05) is 56.8 Å². The highest BCUT2D eigenvalue weighted by Crippen LogP contribution is 2.36. The Morgan fingerprint density at radius 3 is 2.57 bits per heavy atom. The van der Waals surface area contributed by atoms with Crippen molar-refractivity contribution >= 4 is 12.6 Å². The van der Waals surface area contributed by atoms with Crippen molar-refractivity contribution in [3.8, 4) is 6.07 Å². The molecule has 2 heterocycles. The lowest BCUT2D eigenvalue weighted by molar-refractivity contribution is 0.00578. The van der Waals surface area contributed by atoms with E-state index in [-0.39, 0.29) is 11.2 Å². The van der Waals surface area contributed by atoms with Gasteiger partial charge in [-0.25, -0.2) is 0 Å². The maximum absolute atomic E-state index is 8.97. The number of nitrogens with zero attached hydrogens (tertiary/aromatic N) is 3. The molecule has 0 saturated carbocycles. The normalized spacial score (nSPS) is 18.8. The van der Waals surface area contributed by atoms with Gasteiger partial charge in [-0.15, -0.1) is 0 Å². The van der Waals surface area contributed by atoms with E-state index >= 15 is 0 Å². The quantitative estimate of drug-likeness (QED) is 0.815. The first-order valence-corrected chi connectivity index (χ1v) is 7.68. The Morgan fingerprint density at radius 1 is 1.22 bits per heavy atom. The lowest BCUT2D eigenvalue weighted by Gasteiger charge is -2.32. The fraction of sp³-hybridized carbons (Fsp3) is 0.412. The number of hydrogen-bond donors (Lipinski definition) is 0. The molecule has 1 aliphatic rings. The molecule has 0 atom stereocenters. The van der Waals surface area contributed by atoms with Crippen LogP contribution in [-0.2, 0) is 15.9 Å². The Labute approximate surface area is 137 Å². The van der Waals surface area contributed by atoms with Crippen LogP contribution in [0.25, 0.3) is 0 Å². The van der Waals surface area contributed by atoms with Crippen molar-refractivity contribution in [1.29, 1.82) is 5.26 Å². The Balaban J connectivity index is 1.75. The first-order chi connectivity index (χ1) is 10.8. The third-order valence-corrected chi connectivity index (χ3v) is 4.58. The smallest absolute Gasteiger partial charge is 0.399 e. The minimum absolute atomic E-state index is 0.360. The standard InChI is InChI=1S/C17H20BN3O2/c1-16(2)17(3,4)23-18(22-16)15-10-20-21(12-15)11-14-7-5-6-13(8-14)9-19/h5-8,10,12H,11H2,1-4H3. The molecular formula is C17H20BN3O2. The molecule has 0 spiro atoms. The molecule has 1 saturated heterocycles. The molecule has 6 heteroatoms. The molecule has 0 bridgehead atoms. The van der Waals surface area contributed by atoms with Crippen LogP contribution < -0.4 is 5.46 Å². The molecule has 0 aliphatic carbocycles. The van der Waals surface area contributed by atoms with E-state index in [9.17, 15) is 0 Å². The molecule has 0 amide bonds. The summed E-state index contributed by atoms with van der Waals surface area (Å²) >= 11 is 0. The second-order valence-electron chi connectivity index (χ2n) is 6.87. The molecule has 1 aromatic carbocycles. The Morgan fingerprint density at radius 2 is 1.91 bits per heavy atom. The largest absolute Gasteiger partial charge is 0.498 e. The summed E-state index contributed by atoms with van der Waals surface area (Å²) in [6, 6.07) is 9.68. The third-order valence-electron chi connectivity index (χ3n) is 4.58. The van der Waals surface area contributed by atoms with E-state index in [0.29, 0.717) is 12.1 Å². The van der Waals surface area contributed by atoms with Crippen molar-refractivity contribution in [1.82, 2.24) is 9.78 Å². The third kappa shape index (κ3) is 3.03. The zero-order valence-corrected chi connectivity index (χ0v) is 13.9. The van der Waals surface area contributed by atoms with Crippen molar-refractivity contribution in [3.63, 3.8) is 0 Å². The van der Waals surface area contributed by atoms with Gasteiger partial charge in [0.15, 0.2) is 0 Å². The average molecular weight is 309 g/mol. The first-order valence-electron chi connectivity index (χ1n) is 7.68. The van der Waals surface area contributed by atoms with Crippen LogP contribution >= 0.6 is 0 Å². The van der Waals surface area contributed by atoms with Crippen molar-refractivity contribution in [2.75, 3.05) is 0 Å². The molecule has 118 valence electrons. The fourth-order valence-corrected chi connectivity index (χ4v) is 2.49. The summed E-state index contributed by atoms with van der Waals surface area (Å²) < 4.78 is 13.9. The SMILES string of the molecule is CC1(C)OB(c2cnn(Cc3cccc(C#N)c3)c2)OC1(C)C. The number of benzene rings is 1. The van der Waals surface area contributed by atoms with E-state index in [1.165, 1.54) is 0 Å². The van der Waals surface area contributed by atoms with E-state index in [4.69, 9.17) is 14.6 Å². The molecule has 0 unspecified atom stereocenters. The van der Waals surface area contributed by atoms with Gasteiger partial charge in [0.1, 0.15) is 0 Å². The average Bonchev–Trinajstić information content (AvgIpc) is 3.02. The summed E-state index contributed by atoms with van der Waals surface area (Å²) in [5.74, 6) is 0. The molecule has 0 radical (unpaired) electrons. The van der Waals surface area contributed by atoms with Gasteiger partial charge in [-0.1, -0.05) is 12.1 Å². The topological polar surface area (TPSA) is 60.1 Å². The van der Waals surface area contributed by atoms with E-state index in [0.717, 1.165) is 11.0 Å². The van der Waals surface area contributed by atoms with Gasteiger partial charge >= 0.3 is 7.12 Å². The zero-order valence-electron chi connectivity index (χ0n) is 13.9. The van der Waals surface area contributed by atoms with Crippen LogP contribution in [0.4, 0.5) is 0 Å². The molecule has 1 aromatic heterocycles. The lowest BCUT2D eigenvalue weighted by Crippen LogP contribution is -2.41. The maximum Gasteiger partial charge on any atom is 0.498 e. The van der Waals surface area contributed by atoms with Crippen molar-refractivity contribution in [3.05, 3.63) is 47.8 Å². The molecular weight excluding hydrogens is 289 g/mol. The molecule has 23 heavy (non-hydrogen) atoms. The molecule has 5 nitrogen and oxygen atoms in total. The first kappa shape index (κ1) is 15.8. The minimum atomic E-state index is -0.404. The Hall–Kier alpha value is -2.10. The predicted octanol–water partition coefficient (Wildman–Crippen LogP) is 2.10. The van der Waals surface area contributed by atoms with Gasteiger partial charge in [0, 0.05) is 17.9 Å². The van der Waals surface area contributed by atoms with Crippen LogP contribution in [-0.4, -0.2) is 28.1 Å². The summed E-state index contributed by atoms with van der Waals surface area (Å²) in [6.45, 7) is 8.74. The van der Waals surface area contributed by atoms with Crippen LogP contribution in [0.2, 0.25) is 0 Å². The summed E-state index contributed by atoms with van der Waals surface area (Å²) in [7, 11) is -0.404. The lowest BCUT2D eigenvalue weighted by atomic mass is 9.82. The van der Waals surface area contributed by atoms with Crippen LogP contribution in [0.1, 0.15) is 38.8 Å². The summed E-state index contributed by atoms with van der Waals surface area (Å²) in [6.07, 6.45) is 3.71. The Kier molecular flexibility index (Phi) is 3.79. The molecule has 2 aromatic rings. The monoisotopic (exact) mass is 309 g/mol. The molecule has 1 aliphatic heterocycles. The Bertz CT molecular complexity index is 745. The van der Waals surface area contributed by atoms with Gasteiger partial charge in [0.2, 0.25) is 0 Å². The van der Waals surface area contributed by atoms with Crippen LogP contribution in [0.5, 0.6) is 0 Å². The van der Waals surface area contributed by atoms with Crippen molar-refractivity contribution < 1.29 is 9.31 Å². The summed E-state index contributed by atoms with van der Waals surface area (Å²) in [5.41, 5.74) is 1.87. The highest BCUT2D eigenvalue weighted by atomic mass is 16.7. The van der Waals surface area contributed by atoms with Gasteiger partial charge in [0.05, 0.1) is 29.4 Å². The predicted molar refractivity (Wildman–Crippen MR) is 88.2 cm³/mol. The summed E-state index contributed by atoms with van der Waals surface area (Å²) in [4.78, 5) is 0. The maximum atomic E-state index is 8.97. The highest BCUT2D eigenvalue weighted by Gasteiger charge is 2.52. The van der Waals surface area contributed by atoms with E-state index in [1.54, 1.807) is 12.3 Å². The second-order valence-corrected chi connectivity index (χ2v) is 6.87. The van der Waals surface area contributed by atoms with Crippen LogP contribution in [0.3, 0.4) is 0 Å². The minimum Gasteiger partial charge on any atom is -0.399 e. The summed E-state index contributed by atoms with van der Waals surface area (Å²) in [5, 5.41) is 13.3. The van der Waals surface area contributed by atoms with Gasteiger partial charge in [0.25, 0.3) is 0 Å². The molecule has 0 N–H and O–H groups in total. The van der Waals surface area contributed by atoms with E-state index in [2.05, 4.69) is 11.2 Å². The van der Waals surface area contributed by atoms with Crippen LogP contribution in [0.15, 0.2) is 36.7 Å². The number of aromatic nitrogens is 2. The number of rotatable bonds is 3. The zero-order chi connectivity index (χ0) is 16.7. The van der Waals surface area contributed by atoms with Crippen molar-refractivity contribution in [2.24, 2.45) is 0 Å². The number of hydrogen-bond acceptors (Lipinski definition) is 4.